The average Bonchev–Trinajstić information content (AvgIpc) is 2.99. The minimum atomic E-state index is -1.01. The summed E-state index contributed by atoms with van der Waals surface area (Å²) in [6, 6.07) is 12.7. The van der Waals surface area contributed by atoms with E-state index in [0.29, 0.717) is 26.1 Å². The molecule has 3 rings (SSSR count). The third-order valence-electron chi connectivity index (χ3n) is 4.22. The maximum absolute atomic E-state index is 13.4. The highest BCUT2D eigenvalue weighted by Gasteiger charge is 2.31. The summed E-state index contributed by atoms with van der Waals surface area (Å²) in [7, 11) is 0. The lowest BCUT2D eigenvalue weighted by atomic mass is 10.1. The van der Waals surface area contributed by atoms with Gasteiger partial charge in [-0.15, -0.1) is 0 Å². The average molecular weight is 359 g/mol. The molecule has 0 saturated carbocycles. The molecule has 136 valence electrons. The predicted octanol–water partition coefficient (Wildman–Crippen LogP) is 2.57. The second-order valence-electron chi connectivity index (χ2n) is 6.04. The number of hydrogen-bond acceptors (Lipinski definition) is 2. The molecule has 0 unspecified atom stereocenters. The van der Waals surface area contributed by atoms with Crippen LogP contribution < -0.4 is 10.2 Å². The van der Waals surface area contributed by atoms with Crippen molar-refractivity contribution in [2.24, 2.45) is 0 Å². The smallest absolute Gasteiger partial charge is 0.325 e. The number of nitrogens with zero attached hydrogens (tertiary/aromatic N) is 2. The van der Waals surface area contributed by atoms with E-state index in [9.17, 15) is 18.4 Å². The van der Waals surface area contributed by atoms with Gasteiger partial charge in [0.1, 0.15) is 6.54 Å². The van der Waals surface area contributed by atoms with Crippen molar-refractivity contribution in [3.63, 3.8) is 0 Å². The van der Waals surface area contributed by atoms with Gasteiger partial charge in [-0.2, -0.15) is 0 Å². The first-order valence-electron chi connectivity index (χ1n) is 8.37. The third kappa shape index (κ3) is 4.17. The summed E-state index contributed by atoms with van der Waals surface area (Å²) < 4.78 is 26.4. The number of carbonyl (C=O) groups is 2. The van der Waals surface area contributed by atoms with Gasteiger partial charge in [0.2, 0.25) is 5.91 Å². The highest BCUT2D eigenvalue weighted by Crippen LogP contribution is 2.22. The Labute approximate surface area is 150 Å². The molecule has 0 aliphatic carbocycles. The second kappa shape index (κ2) is 7.95. The second-order valence-corrected chi connectivity index (χ2v) is 6.04. The zero-order valence-electron chi connectivity index (χ0n) is 14.1. The molecule has 0 bridgehead atoms. The summed E-state index contributed by atoms with van der Waals surface area (Å²) in [5.74, 6) is -2.22. The molecule has 2 aromatic rings. The lowest BCUT2D eigenvalue weighted by molar-refractivity contribution is -0.121. The highest BCUT2D eigenvalue weighted by atomic mass is 19.2. The van der Waals surface area contributed by atoms with Crippen LogP contribution in [0.4, 0.5) is 19.3 Å². The zero-order chi connectivity index (χ0) is 18.5. The topological polar surface area (TPSA) is 52.7 Å². The molecule has 3 amide bonds. The van der Waals surface area contributed by atoms with E-state index in [0.717, 1.165) is 17.7 Å². The fourth-order valence-electron chi connectivity index (χ4n) is 2.84. The maximum atomic E-state index is 13.4. The fraction of sp³-hybridized carbons (Fsp3) is 0.263. The molecule has 2 aromatic carbocycles. The van der Waals surface area contributed by atoms with Gasteiger partial charge in [-0.3, -0.25) is 9.69 Å². The molecule has 26 heavy (non-hydrogen) atoms. The highest BCUT2D eigenvalue weighted by molar-refractivity contribution is 5.96. The SMILES string of the molecule is O=C(CN1CCN(c2ccc(F)c(F)c2)C1=O)NCCc1ccccc1. The van der Waals surface area contributed by atoms with Gasteiger partial charge in [0.05, 0.1) is 0 Å². The van der Waals surface area contributed by atoms with Gasteiger partial charge in [0.25, 0.3) is 0 Å². The van der Waals surface area contributed by atoms with E-state index in [2.05, 4.69) is 5.32 Å². The van der Waals surface area contributed by atoms with E-state index in [1.54, 1.807) is 0 Å². The van der Waals surface area contributed by atoms with Crippen LogP contribution in [0.2, 0.25) is 0 Å². The number of benzene rings is 2. The van der Waals surface area contributed by atoms with Gasteiger partial charge < -0.3 is 10.2 Å². The fourth-order valence-corrected chi connectivity index (χ4v) is 2.84. The van der Waals surface area contributed by atoms with E-state index in [-0.39, 0.29) is 18.1 Å². The first-order chi connectivity index (χ1) is 12.5. The number of nitrogens with one attached hydrogen (secondary N) is 1. The Morgan fingerprint density at radius 1 is 1.04 bits per heavy atom. The predicted molar refractivity (Wildman–Crippen MR) is 93.8 cm³/mol. The van der Waals surface area contributed by atoms with E-state index in [1.165, 1.54) is 15.9 Å². The molecule has 1 heterocycles. The largest absolute Gasteiger partial charge is 0.354 e. The van der Waals surface area contributed by atoms with Crippen LogP contribution in [0.1, 0.15) is 5.56 Å². The lowest BCUT2D eigenvalue weighted by Crippen LogP contribution is -2.40. The Balaban J connectivity index is 1.50. The van der Waals surface area contributed by atoms with Crippen molar-refractivity contribution in [2.75, 3.05) is 31.1 Å². The summed E-state index contributed by atoms with van der Waals surface area (Å²) in [6.45, 7) is 1.09. The number of urea groups is 1. The Bertz CT molecular complexity index is 799. The van der Waals surface area contributed by atoms with Crippen LogP contribution in [0, 0.1) is 11.6 Å². The number of halogens is 2. The molecule has 1 fully saturated rings. The molecule has 1 N–H and O–H groups in total. The van der Waals surface area contributed by atoms with Gasteiger partial charge in [0, 0.05) is 31.4 Å². The summed E-state index contributed by atoms with van der Waals surface area (Å²) in [5, 5.41) is 2.79. The van der Waals surface area contributed by atoms with Gasteiger partial charge in [-0.1, -0.05) is 30.3 Å². The first-order valence-corrected chi connectivity index (χ1v) is 8.37. The van der Waals surface area contributed by atoms with Gasteiger partial charge in [0.15, 0.2) is 11.6 Å². The van der Waals surface area contributed by atoms with Crippen molar-refractivity contribution in [3.8, 4) is 0 Å². The Hall–Kier alpha value is -2.96. The van der Waals surface area contributed by atoms with Crippen LogP contribution in [0.3, 0.4) is 0 Å². The van der Waals surface area contributed by atoms with E-state index in [4.69, 9.17) is 0 Å². The van der Waals surface area contributed by atoms with Gasteiger partial charge in [-0.25, -0.2) is 13.6 Å². The Morgan fingerprint density at radius 2 is 1.81 bits per heavy atom. The molecule has 1 aliphatic heterocycles. The summed E-state index contributed by atoms with van der Waals surface area (Å²) in [5.41, 5.74) is 1.40. The molecule has 0 spiro atoms. The monoisotopic (exact) mass is 359 g/mol. The van der Waals surface area contributed by atoms with Crippen LogP contribution >= 0.6 is 0 Å². The molecular weight excluding hydrogens is 340 g/mol. The van der Waals surface area contributed by atoms with E-state index < -0.39 is 17.7 Å². The molecule has 0 radical (unpaired) electrons. The molecule has 1 saturated heterocycles. The molecule has 0 atom stereocenters. The van der Waals surface area contributed by atoms with Gasteiger partial charge in [-0.05, 0) is 24.1 Å². The van der Waals surface area contributed by atoms with Crippen molar-refractivity contribution in [2.45, 2.75) is 6.42 Å². The van der Waals surface area contributed by atoms with Crippen molar-refractivity contribution >= 4 is 17.6 Å². The number of amides is 3. The minimum Gasteiger partial charge on any atom is -0.354 e. The van der Waals surface area contributed by atoms with Crippen LogP contribution in [0.5, 0.6) is 0 Å². The molecule has 7 heteroatoms. The normalized spacial score (nSPS) is 14.0. The molecule has 5 nitrogen and oxygen atoms in total. The number of hydrogen-bond donors (Lipinski definition) is 1. The van der Waals surface area contributed by atoms with E-state index >= 15 is 0 Å². The van der Waals surface area contributed by atoms with Crippen molar-refractivity contribution < 1.29 is 18.4 Å². The summed E-state index contributed by atoms with van der Waals surface area (Å²) in [4.78, 5) is 27.2. The van der Waals surface area contributed by atoms with Crippen LogP contribution in [0.15, 0.2) is 48.5 Å². The standard InChI is InChI=1S/C19H19F2N3O2/c20-16-7-6-15(12-17(16)21)24-11-10-23(19(24)26)13-18(25)22-9-8-14-4-2-1-3-5-14/h1-7,12H,8-11,13H2,(H,22,25). The molecule has 1 aliphatic rings. The maximum Gasteiger partial charge on any atom is 0.325 e. The van der Waals surface area contributed by atoms with Crippen LogP contribution in [-0.4, -0.2) is 43.0 Å². The summed E-state index contributed by atoms with van der Waals surface area (Å²) in [6.07, 6.45) is 0.710. The zero-order valence-corrected chi connectivity index (χ0v) is 14.1. The number of anilines is 1. The lowest BCUT2D eigenvalue weighted by Gasteiger charge is -2.18. The molecule has 0 aromatic heterocycles. The van der Waals surface area contributed by atoms with Gasteiger partial charge >= 0.3 is 6.03 Å². The Morgan fingerprint density at radius 3 is 2.54 bits per heavy atom. The van der Waals surface area contributed by atoms with Crippen molar-refractivity contribution in [1.82, 2.24) is 10.2 Å². The van der Waals surface area contributed by atoms with Crippen molar-refractivity contribution in [1.29, 1.82) is 0 Å². The van der Waals surface area contributed by atoms with E-state index in [1.807, 2.05) is 30.3 Å². The van der Waals surface area contributed by atoms with Crippen LogP contribution in [0.25, 0.3) is 0 Å². The molecular formula is C19H19F2N3O2. The Kier molecular flexibility index (Phi) is 5.46. The first kappa shape index (κ1) is 17.8. The number of carbonyl (C=O) groups excluding carboxylic acids is 2. The summed E-state index contributed by atoms with van der Waals surface area (Å²) >= 11 is 0. The quantitative estimate of drug-likeness (QED) is 0.862. The van der Waals surface area contributed by atoms with Crippen molar-refractivity contribution in [3.05, 3.63) is 65.7 Å². The third-order valence-corrected chi connectivity index (χ3v) is 4.22. The van der Waals surface area contributed by atoms with Crippen LogP contribution in [-0.2, 0) is 11.2 Å². The number of rotatable bonds is 6. The minimum absolute atomic E-state index is 0.0617.